The van der Waals surface area contributed by atoms with Crippen LogP contribution in [0.5, 0.6) is 0 Å². The number of pyridine rings is 1. The van der Waals surface area contributed by atoms with Crippen LogP contribution in [0, 0.1) is 20.8 Å². The van der Waals surface area contributed by atoms with Crippen molar-refractivity contribution in [3.63, 3.8) is 0 Å². The fourth-order valence-corrected chi connectivity index (χ4v) is 3.78. The molecule has 1 aromatic heterocycles. The Morgan fingerprint density at radius 1 is 1.05 bits per heavy atom. The second-order valence-corrected chi connectivity index (χ2v) is 6.49. The van der Waals surface area contributed by atoms with Gasteiger partial charge in [-0.1, -0.05) is 0 Å². The maximum atomic E-state index is 12.6. The van der Waals surface area contributed by atoms with Gasteiger partial charge in [0.15, 0.2) is 0 Å². The van der Waals surface area contributed by atoms with E-state index in [1.165, 1.54) is 0 Å². The van der Waals surface area contributed by atoms with Crippen LogP contribution in [-0.4, -0.2) is 13.4 Å². The third kappa shape index (κ3) is 3.32. The van der Waals surface area contributed by atoms with Gasteiger partial charge in [-0.05, 0) is 56.2 Å². The molecule has 0 saturated carbocycles. The molecule has 4 N–H and O–H groups in total. The first kappa shape index (κ1) is 15.3. The Morgan fingerprint density at radius 2 is 1.67 bits per heavy atom. The molecule has 0 saturated heterocycles. The Hall–Kier alpha value is -2.12. The van der Waals surface area contributed by atoms with Crippen molar-refractivity contribution in [2.24, 2.45) is 5.84 Å². The summed E-state index contributed by atoms with van der Waals surface area (Å²) in [6, 6.07) is 6.68. The molecule has 0 aliphatic carbocycles. The number of benzene rings is 1. The number of nitrogens with zero attached hydrogens (tertiary/aromatic N) is 1. The predicted octanol–water partition coefficient (Wildman–Crippen LogP) is 2.09. The predicted molar refractivity (Wildman–Crippen MR) is 83.5 cm³/mol. The van der Waals surface area contributed by atoms with Crippen LogP contribution in [0.2, 0.25) is 0 Å². The van der Waals surface area contributed by atoms with Crippen LogP contribution in [0.25, 0.3) is 0 Å². The first-order chi connectivity index (χ1) is 9.83. The Labute approximate surface area is 124 Å². The summed E-state index contributed by atoms with van der Waals surface area (Å²) in [7, 11) is -3.66. The first-order valence-electron chi connectivity index (χ1n) is 6.37. The summed E-state index contributed by atoms with van der Waals surface area (Å²) in [5.74, 6) is 5.36. The summed E-state index contributed by atoms with van der Waals surface area (Å²) in [5.41, 5.74) is 5.67. The SMILES string of the molecule is Cc1cc(NS(=O)(=O)c2c(C)cc(NN)cc2C)ccn1. The van der Waals surface area contributed by atoms with Gasteiger partial charge >= 0.3 is 0 Å². The molecule has 1 aromatic carbocycles. The highest BCUT2D eigenvalue weighted by molar-refractivity contribution is 7.92. The van der Waals surface area contributed by atoms with E-state index in [9.17, 15) is 8.42 Å². The lowest BCUT2D eigenvalue weighted by Crippen LogP contribution is -2.17. The van der Waals surface area contributed by atoms with E-state index in [0.717, 1.165) is 5.69 Å². The third-order valence-electron chi connectivity index (χ3n) is 3.04. The molecule has 1 heterocycles. The maximum absolute atomic E-state index is 12.6. The molecule has 2 aromatic rings. The molecule has 0 unspecified atom stereocenters. The van der Waals surface area contributed by atoms with Gasteiger partial charge < -0.3 is 5.43 Å². The van der Waals surface area contributed by atoms with E-state index in [-0.39, 0.29) is 4.90 Å². The summed E-state index contributed by atoms with van der Waals surface area (Å²) in [4.78, 5) is 4.30. The molecule has 21 heavy (non-hydrogen) atoms. The zero-order valence-electron chi connectivity index (χ0n) is 12.1. The number of hydrogen-bond acceptors (Lipinski definition) is 5. The average Bonchev–Trinajstić information content (AvgIpc) is 2.36. The lowest BCUT2D eigenvalue weighted by Gasteiger charge is -2.14. The van der Waals surface area contributed by atoms with Crippen LogP contribution in [0.4, 0.5) is 11.4 Å². The number of hydrazine groups is 1. The van der Waals surface area contributed by atoms with Crippen LogP contribution >= 0.6 is 0 Å². The van der Waals surface area contributed by atoms with Crippen LogP contribution < -0.4 is 16.0 Å². The fraction of sp³-hybridized carbons (Fsp3) is 0.214. The van der Waals surface area contributed by atoms with Gasteiger partial charge in [0, 0.05) is 17.6 Å². The summed E-state index contributed by atoms with van der Waals surface area (Å²) >= 11 is 0. The Balaban J connectivity index is 2.45. The zero-order valence-corrected chi connectivity index (χ0v) is 13.0. The number of nitrogens with one attached hydrogen (secondary N) is 2. The average molecular weight is 306 g/mol. The molecule has 0 spiro atoms. The molecule has 2 rings (SSSR count). The third-order valence-corrected chi connectivity index (χ3v) is 4.73. The molecule has 0 fully saturated rings. The largest absolute Gasteiger partial charge is 0.324 e. The molecular weight excluding hydrogens is 288 g/mol. The van der Waals surface area contributed by atoms with Crippen LogP contribution in [0.3, 0.4) is 0 Å². The van der Waals surface area contributed by atoms with Crippen molar-refractivity contribution >= 4 is 21.4 Å². The molecule has 0 radical (unpaired) electrons. The number of hydrogen-bond donors (Lipinski definition) is 3. The Morgan fingerprint density at radius 3 is 2.19 bits per heavy atom. The monoisotopic (exact) mass is 306 g/mol. The molecule has 6 nitrogen and oxygen atoms in total. The van der Waals surface area contributed by atoms with Crippen LogP contribution in [0.1, 0.15) is 16.8 Å². The van der Waals surface area contributed by atoms with Crippen molar-refractivity contribution in [3.05, 3.63) is 47.3 Å². The van der Waals surface area contributed by atoms with Gasteiger partial charge in [-0.15, -0.1) is 0 Å². The number of sulfonamides is 1. The molecule has 0 bridgehead atoms. The van der Waals surface area contributed by atoms with E-state index >= 15 is 0 Å². The first-order valence-corrected chi connectivity index (χ1v) is 7.85. The number of rotatable bonds is 4. The quantitative estimate of drug-likeness (QED) is 0.593. The van der Waals surface area contributed by atoms with Gasteiger partial charge in [0.1, 0.15) is 0 Å². The second kappa shape index (κ2) is 5.71. The molecular formula is C14H18N4O2S. The summed E-state index contributed by atoms with van der Waals surface area (Å²) in [5, 5.41) is 0. The topological polar surface area (TPSA) is 97.1 Å². The normalized spacial score (nSPS) is 11.2. The van der Waals surface area contributed by atoms with Crippen LogP contribution in [-0.2, 0) is 10.0 Å². The number of nitrogen functional groups attached to an aromatic ring is 1. The minimum atomic E-state index is -3.66. The van der Waals surface area contributed by atoms with E-state index in [2.05, 4.69) is 15.1 Å². The minimum absolute atomic E-state index is 0.260. The van der Waals surface area contributed by atoms with E-state index in [1.807, 2.05) is 0 Å². The zero-order chi connectivity index (χ0) is 15.6. The van der Waals surface area contributed by atoms with Crippen molar-refractivity contribution in [3.8, 4) is 0 Å². The smallest absolute Gasteiger partial charge is 0.262 e. The highest BCUT2D eigenvalue weighted by Crippen LogP contribution is 2.26. The van der Waals surface area contributed by atoms with E-state index < -0.39 is 10.0 Å². The van der Waals surface area contributed by atoms with Crippen molar-refractivity contribution in [1.29, 1.82) is 0 Å². The summed E-state index contributed by atoms with van der Waals surface area (Å²) < 4.78 is 27.7. The highest BCUT2D eigenvalue weighted by atomic mass is 32.2. The number of nitrogens with two attached hydrogens (primary N) is 1. The highest BCUT2D eigenvalue weighted by Gasteiger charge is 2.20. The second-order valence-electron chi connectivity index (χ2n) is 4.87. The Kier molecular flexibility index (Phi) is 4.15. The van der Waals surface area contributed by atoms with E-state index in [4.69, 9.17) is 5.84 Å². The lowest BCUT2D eigenvalue weighted by molar-refractivity contribution is 0.600. The number of aryl methyl sites for hydroxylation is 3. The standard InChI is InChI=1S/C14H18N4O2S/c1-9-6-13(17-15)7-10(2)14(9)21(19,20)18-12-4-5-16-11(3)8-12/h4-8,17H,15H2,1-3H3,(H,16,18). The van der Waals surface area contributed by atoms with Gasteiger partial charge in [0.25, 0.3) is 10.0 Å². The summed E-state index contributed by atoms with van der Waals surface area (Å²) in [6.07, 6.45) is 1.56. The van der Waals surface area contributed by atoms with Crippen LogP contribution in [0.15, 0.2) is 35.4 Å². The van der Waals surface area contributed by atoms with E-state index in [0.29, 0.717) is 22.5 Å². The minimum Gasteiger partial charge on any atom is -0.324 e. The molecule has 0 aliphatic rings. The number of anilines is 2. The van der Waals surface area contributed by atoms with E-state index in [1.54, 1.807) is 51.2 Å². The van der Waals surface area contributed by atoms with Gasteiger partial charge in [0.2, 0.25) is 0 Å². The van der Waals surface area contributed by atoms with Crippen molar-refractivity contribution in [2.45, 2.75) is 25.7 Å². The Bertz CT molecular complexity index is 749. The molecule has 0 amide bonds. The van der Waals surface area contributed by atoms with Gasteiger partial charge in [-0.2, -0.15) is 0 Å². The van der Waals surface area contributed by atoms with Gasteiger partial charge in [0.05, 0.1) is 10.6 Å². The molecule has 112 valence electrons. The van der Waals surface area contributed by atoms with Crippen molar-refractivity contribution < 1.29 is 8.42 Å². The van der Waals surface area contributed by atoms with Gasteiger partial charge in [-0.25, -0.2) is 8.42 Å². The lowest BCUT2D eigenvalue weighted by atomic mass is 10.1. The molecule has 0 atom stereocenters. The number of aromatic nitrogens is 1. The van der Waals surface area contributed by atoms with Crippen molar-refractivity contribution in [1.82, 2.24) is 4.98 Å². The van der Waals surface area contributed by atoms with Crippen molar-refractivity contribution in [2.75, 3.05) is 10.1 Å². The molecule has 7 heteroatoms. The maximum Gasteiger partial charge on any atom is 0.262 e. The molecule has 0 aliphatic heterocycles. The van der Waals surface area contributed by atoms with Gasteiger partial charge in [-0.3, -0.25) is 15.5 Å². The summed E-state index contributed by atoms with van der Waals surface area (Å²) in [6.45, 7) is 5.27. The fourth-order valence-electron chi connectivity index (χ4n) is 2.27.